The van der Waals surface area contributed by atoms with Crippen LogP contribution in [0.1, 0.15) is 48.3 Å². The lowest BCUT2D eigenvalue weighted by atomic mass is 10.0. The van der Waals surface area contributed by atoms with Crippen LogP contribution in [0.3, 0.4) is 0 Å². The van der Waals surface area contributed by atoms with E-state index in [1.165, 1.54) is 10.6 Å². The van der Waals surface area contributed by atoms with Crippen LogP contribution in [0, 0.1) is 11.3 Å². The average Bonchev–Trinajstić information content (AvgIpc) is 2.67. The van der Waals surface area contributed by atoms with E-state index in [0.717, 1.165) is 0 Å². The van der Waals surface area contributed by atoms with Gasteiger partial charge in [-0.2, -0.15) is 5.26 Å². The Morgan fingerprint density at radius 3 is 2.71 bits per heavy atom. The first kappa shape index (κ1) is 19.0. The lowest BCUT2D eigenvalue weighted by Gasteiger charge is -2.14. The Morgan fingerprint density at radius 2 is 2.07 bits per heavy atom. The molecule has 0 saturated carbocycles. The zero-order valence-corrected chi connectivity index (χ0v) is 15.7. The van der Waals surface area contributed by atoms with E-state index in [-0.39, 0.29) is 22.5 Å². The number of nitriles is 1. The first-order valence-electron chi connectivity index (χ1n) is 8.85. The predicted molar refractivity (Wildman–Crippen MR) is 105 cm³/mol. The van der Waals surface area contributed by atoms with E-state index in [1.807, 2.05) is 19.9 Å². The number of carbonyl (C=O) groups is 1. The smallest absolute Gasteiger partial charge is 0.322 e. The molecule has 0 aliphatic rings. The summed E-state index contributed by atoms with van der Waals surface area (Å²) in [7, 11) is 0. The van der Waals surface area contributed by atoms with Crippen LogP contribution < -0.4 is 16.6 Å². The number of hydrogen-bond donors (Lipinski definition) is 2. The fraction of sp³-hybridized carbons (Fsp3) is 0.250. The molecule has 2 heterocycles. The van der Waals surface area contributed by atoms with E-state index >= 15 is 0 Å². The Balaban J connectivity index is 2.24. The second-order valence-electron chi connectivity index (χ2n) is 6.60. The minimum absolute atomic E-state index is 0.0161. The number of hydrogen-bond acceptors (Lipinski definition) is 5. The van der Waals surface area contributed by atoms with Gasteiger partial charge in [0.15, 0.2) is 5.65 Å². The summed E-state index contributed by atoms with van der Waals surface area (Å²) < 4.78 is 1.33. The molecule has 3 rings (SSSR count). The molecule has 8 heteroatoms. The number of aromatic amines is 1. The monoisotopic (exact) mass is 377 g/mol. The Kier molecular flexibility index (Phi) is 5.09. The van der Waals surface area contributed by atoms with E-state index in [4.69, 9.17) is 5.26 Å². The molecule has 0 atom stereocenters. The number of aryl methyl sites for hydroxylation is 1. The van der Waals surface area contributed by atoms with Crippen molar-refractivity contribution in [2.45, 2.75) is 33.2 Å². The van der Waals surface area contributed by atoms with Crippen LogP contribution in [0.5, 0.6) is 0 Å². The topological polar surface area (TPSA) is 121 Å². The van der Waals surface area contributed by atoms with Gasteiger partial charge in [0, 0.05) is 17.9 Å². The molecule has 0 aliphatic heterocycles. The standard InChI is InChI=1S/C20H19N5O3/c1-4-25-17-16(19(27)24-20(25)28)14(9-15(23-17)11(2)3)18(26)22-13-7-5-6-12(8-13)10-21/h5-9,11H,4H2,1-3H3,(H,22,26)(H,24,27,28). The van der Waals surface area contributed by atoms with Crippen LogP contribution in [0.15, 0.2) is 39.9 Å². The van der Waals surface area contributed by atoms with Crippen molar-refractivity contribution < 1.29 is 4.79 Å². The number of rotatable bonds is 4. The summed E-state index contributed by atoms with van der Waals surface area (Å²) in [5.74, 6) is -0.534. The summed E-state index contributed by atoms with van der Waals surface area (Å²) in [5.41, 5.74) is 0.497. The van der Waals surface area contributed by atoms with Crippen molar-refractivity contribution in [2.24, 2.45) is 0 Å². The highest BCUT2D eigenvalue weighted by Gasteiger charge is 2.20. The zero-order chi connectivity index (χ0) is 20.4. The van der Waals surface area contributed by atoms with Gasteiger partial charge in [0.1, 0.15) is 0 Å². The second-order valence-corrected chi connectivity index (χ2v) is 6.60. The number of pyridine rings is 1. The molecule has 0 unspecified atom stereocenters. The molecule has 1 aromatic carbocycles. The maximum Gasteiger partial charge on any atom is 0.329 e. The highest BCUT2D eigenvalue weighted by Crippen LogP contribution is 2.21. The molecular formula is C20H19N5O3. The summed E-state index contributed by atoms with van der Waals surface area (Å²) in [4.78, 5) is 44.3. The van der Waals surface area contributed by atoms with Gasteiger partial charge in [-0.25, -0.2) is 9.78 Å². The van der Waals surface area contributed by atoms with Gasteiger partial charge in [-0.15, -0.1) is 0 Å². The second kappa shape index (κ2) is 7.48. The van der Waals surface area contributed by atoms with Gasteiger partial charge in [0.25, 0.3) is 11.5 Å². The van der Waals surface area contributed by atoms with E-state index in [2.05, 4.69) is 15.3 Å². The van der Waals surface area contributed by atoms with E-state index in [1.54, 1.807) is 31.2 Å². The number of anilines is 1. The first-order valence-corrected chi connectivity index (χ1v) is 8.85. The predicted octanol–water partition coefficient (Wildman–Crippen LogP) is 2.35. The molecule has 2 aromatic heterocycles. The fourth-order valence-electron chi connectivity index (χ4n) is 2.93. The largest absolute Gasteiger partial charge is 0.329 e. The molecule has 28 heavy (non-hydrogen) atoms. The summed E-state index contributed by atoms with van der Waals surface area (Å²) in [6.07, 6.45) is 0. The van der Waals surface area contributed by atoms with Crippen LogP contribution in [0.25, 0.3) is 11.0 Å². The number of nitrogens with one attached hydrogen (secondary N) is 2. The van der Waals surface area contributed by atoms with Gasteiger partial charge >= 0.3 is 5.69 Å². The minimum Gasteiger partial charge on any atom is -0.322 e. The van der Waals surface area contributed by atoms with Crippen molar-refractivity contribution in [3.05, 3.63) is 68.0 Å². The third kappa shape index (κ3) is 3.42. The van der Waals surface area contributed by atoms with E-state index in [0.29, 0.717) is 23.5 Å². The van der Waals surface area contributed by atoms with Crippen LogP contribution in [-0.4, -0.2) is 20.4 Å². The lowest BCUT2D eigenvalue weighted by Crippen LogP contribution is -2.32. The molecular weight excluding hydrogens is 358 g/mol. The van der Waals surface area contributed by atoms with Gasteiger partial charge in [-0.1, -0.05) is 19.9 Å². The number of nitrogens with zero attached hydrogens (tertiary/aromatic N) is 3. The maximum atomic E-state index is 13.0. The number of benzene rings is 1. The quantitative estimate of drug-likeness (QED) is 0.723. The molecule has 142 valence electrons. The number of amides is 1. The summed E-state index contributed by atoms with van der Waals surface area (Å²) in [6, 6.07) is 10.0. The van der Waals surface area contributed by atoms with Crippen molar-refractivity contribution >= 4 is 22.6 Å². The van der Waals surface area contributed by atoms with Crippen LogP contribution >= 0.6 is 0 Å². The van der Waals surface area contributed by atoms with Gasteiger partial charge in [0.2, 0.25) is 0 Å². The third-order valence-corrected chi connectivity index (χ3v) is 4.37. The SMILES string of the molecule is CCn1c(=O)[nH]c(=O)c2c(C(=O)Nc3cccc(C#N)c3)cc(C(C)C)nc21. The minimum atomic E-state index is -0.663. The molecule has 0 aliphatic carbocycles. The molecule has 0 saturated heterocycles. The summed E-state index contributed by atoms with van der Waals surface area (Å²) >= 11 is 0. The van der Waals surface area contributed by atoms with Crippen molar-refractivity contribution in [3.63, 3.8) is 0 Å². The Hall–Kier alpha value is -3.73. The lowest BCUT2D eigenvalue weighted by molar-refractivity contribution is 0.102. The first-order chi connectivity index (χ1) is 13.3. The molecule has 0 radical (unpaired) electrons. The molecule has 3 aromatic rings. The van der Waals surface area contributed by atoms with E-state index in [9.17, 15) is 14.4 Å². The molecule has 2 N–H and O–H groups in total. The van der Waals surface area contributed by atoms with Gasteiger partial charge in [-0.3, -0.25) is 19.1 Å². The highest BCUT2D eigenvalue weighted by atomic mass is 16.2. The van der Waals surface area contributed by atoms with Crippen LogP contribution in [-0.2, 0) is 6.54 Å². The van der Waals surface area contributed by atoms with Crippen LogP contribution in [0.4, 0.5) is 5.69 Å². The average molecular weight is 377 g/mol. The molecule has 0 bridgehead atoms. The maximum absolute atomic E-state index is 13.0. The number of H-pyrrole nitrogens is 1. The molecule has 1 amide bonds. The van der Waals surface area contributed by atoms with Crippen molar-refractivity contribution in [1.82, 2.24) is 14.5 Å². The molecule has 0 fully saturated rings. The van der Waals surface area contributed by atoms with Gasteiger partial charge in [-0.05, 0) is 37.1 Å². The fourth-order valence-corrected chi connectivity index (χ4v) is 2.93. The third-order valence-electron chi connectivity index (χ3n) is 4.37. The van der Waals surface area contributed by atoms with Crippen molar-refractivity contribution in [1.29, 1.82) is 5.26 Å². The highest BCUT2D eigenvalue weighted by molar-refractivity contribution is 6.11. The van der Waals surface area contributed by atoms with Gasteiger partial charge < -0.3 is 5.32 Å². The summed E-state index contributed by atoms with van der Waals surface area (Å²) in [6.45, 7) is 5.88. The zero-order valence-electron chi connectivity index (χ0n) is 15.7. The van der Waals surface area contributed by atoms with Crippen LogP contribution in [0.2, 0.25) is 0 Å². The van der Waals surface area contributed by atoms with Gasteiger partial charge in [0.05, 0.1) is 22.6 Å². The van der Waals surface area contributed by atoms with Crippen molar-refractivity contribution in [2.75, 3.05) is 5.32 Å². The Bertz CT molecular complexity index is 1230. The Morgan fingerprint density at radius 1 is 1.32 bits per heavy atom. The molecule has 0 spiro atoms. The normalized spacial score (nSPS) is 10.8. The number of fused-ring (bicyclic) bond motifs is 1. The molecule has 8 nitrogen and oxygen atoms in total. The summed E-state index contributed by atoms with van der Waals surface area (Å²) in [5, 5.41) is 11.8. The van der Waals surface area contributed by atoms with Crippen molar-refractivity contribution in [3.8, 4) is 6.07 Å². The number of carbonyl (C=O) groups excluding carboxylic acids is 1. The van der Waals surface area contributed by atoms with E-state index < -0.39 is 17.2 Å². The Labute approximate surface area is 160 Å². The number of aromatic nitrogens is 3.